The number of amides is 1. The van der Waals surface area contributed by atoms with Crippen LogP contribution >= 0.6 is 11.6 Å². The van der Waals surface area contributed by atoms with E-state index in [9.17, 15) is 13.6 Å². The van der Waals surface area contributed by atoms with E-state index in [0.717, 1.165) is 12.1 Å². The predicted molar refractivity (Wildman–Crippen MR) is 67.6 cm³/mol. The normalized spacial score (nSPS) is 11.4. The van der Waals surface area contributed by atoms with Crippen molar-refractivity contribution in [2.45, 2.75) is 20.3 Å². The van der Waals surface area contributed by atoms with Crippen molar-refractivity contribution in [3.8, 4) is 0 Å². The molecule has 2 nitrogen and oxygen atoms in total. The summed E-state index contributed by atoms with van der Waals surface area (Å²) in [5, 5.41) is 2.62. The molecule has 1 N–H and O–H groups in total. The third-order valence-electron chi connectivity index (χ3n) is 2.52. The van der Waals surface area contributed by atoms with Crippen LogP contribution in [0.4, 0.5) is 8.78 Å². The van der Waals surface area contributed by atoms with Crippen LogP contribution in [0.15, 0.2) is 18.2 Å². The maximum absolute atomic E-state index is 13.3. The van der Waals surface area contributed by atoms with Crippen LogP contribution in [0.3, 0.4) is 0 Å². The van der Waals surface area contributed by atoms with Crippen LogP contribution in [0, 0.1) is 17.0 Å². The fourth-order valence-electron chi connectivity index (χ4n) is 1.31. The molecule has 1 rings (SSSR count). The Morgan fingerprint density at radius 1 is 1.33 bits per heavy atom. The molecule has 1 aromatic carbocycles. The summed E-state index contributed by atoms with van der Waals surface area (Å²) in [6.07, 6.45) is -0.309. The van der Waals surface area contributed by atoms with Gasteiger partial charge in [0, 0.05) is 18.0 Å². The van der Waals surface area contributed by atoms with Gasteiger partial charge in [-0.15, -0.1) is 11.6 Å². The predicted octanol–water partition coefficient (Wildman–Crippen LogP) is 2.89. The molecular weight excluding hydrogens is 260 g/mol. The maximum atomic E-state index is 13.3. The molecule has 0 heterocycles. The Morgan fingerprint density at radius 3 is 2.39 bits per heavy atom. The van der Waals surface area contributed by atoms with E-state index in [1.165, 1.54) is 6.07 Å². The molecule has 0 spiro atoms. The van der Waals surface area contributed by atoms with Gasteiger partial charge in [-0.2, -0.15) is 0 Å². The molecule has 0 aliphatic heterocycles. The quantitative estimate of drug-likeness (QED) is 0.823. The molecule has 0 aliphatic rings. The monoisotopic (exact) mass is 275 g/mol. The summed E-state index contributed by atoms with van der Waals surface area (Å²) in [4.78, 5) is 11.6. The van der Waals surface area contributed by atoms with Crippen molar-refractivity contribution in [1.29, 1.82) is 0 Å². The molecule has 1 aromatic rings. The molecule has 0 aromatic heterocycles. The topological polar surface area (TPSA) is 29.1 Å². The van der Waals surface area contributed by atoms with Gasteiger partial charge in [0.2, 0.25) is 5.91 Å². The Morgan fingerprint density at radius 2 is 1.89 bits per heavy atom. The van der Waals surface area contributed by atoms with Gasteiger partial charge in [0.1, 0.15) is 11.6 Å². The van der Waals surface area contributed by atoms with E-state index in [2.05, 4.69) is 5.32 Å². The fourth-order valence-corrected chi connectivity index (χ4v) is 1.40. The molecule has 0 saturated carbocycles. The minimum atomic E-state index is -0.707. The Kier molecular flexibility index (Phi) is 5.08. The number of halogens is 3. The fraction of sp³-hybridized carbons (Fsp3) is 0.462. The van der Waals surface area contributed by atoms with Crippen molar-refractivity contribution in [2.75, 3.05) is 12.4 Å². The highest BCUT2D eigenvalue weighted by Gasteiger charge is 2.18. The highest BCUT2D eigenvalue weighted by Crippen LogP contribution is 2.16. The molecule has 0 fully saturated rings. The molecule has 0 bridgehead atoms. The first-order chi connectivity index (χ1) is 8.35. The number of alkyl halides is 1. The van der Waals surface area contributed by atoms with E-state index in [-0.39, 0.29) is 17.4 Å². The number of carbonyl (C=O) groups is 1. The first-order valence-corrected chi connectivity index (χ1v) is 6.15. The molecule has 1 amide bonds. The van der Waals surface area contributed by atoms with Gasteiger partial charge in [-0.25, -0.2) is 8.78 Å². The molecule has 0 aliphatic carbocycles. The van der Waals surface area contributed by atoms with Crippen LogP contribution in [0.1, 0.15) is 19.4 Å². The van der Waals surface area contributed by atoms with E-state index in [4.69, 9.17) is 11.6 Å². The zero-order valence-electron chi connectivity index (χ0n) is 10.4. The minimum absolute atomic E-state index is 0.210. The third-order valence-corrected chi connectivity index (χ3v) is 3.25. The van der Waals surface area contributed by atoms with Crippen LogP contribution in [0.25, 0.3) is 0 Å². The maximum Gasteiger partial charge on any atom is 0.224 e. The first kappa shape index (κ1) is 14.9. The number of rotatable bonds is 5. The second-order valence-corrected chi connectivity index (χ2v) is 5.22. The average Bonchev–Trinajstić information content (AvgIpc) is 2.32. The molecule has 0 saturated heterocycles. The van der Waals surface area contributed by atoms with E-state index >= 15 is 0 Å². The Bertz CT molecular complexity index is 415. The summed E-state index contributed by atoms with van der Waals surface area (Å²) in [7, 11) is 0. The molecule has 0 atom stereocenters. The van der Waals surface area contributed by atoms with E-state index in [1.54, 1.807) is 0 Å². The SMILES string of the molecule is CC(C)(CCl)CNC(=O)Cc1c(F)cccc1F. The van der Waals surface area contributed by atoms with Crippen molar-refractivity contribution in [2.24, 2.45) is 5.41 Å². The zero-order chi connectivity index (χ0) is 13.8. The second kappa shape index (κ2) is 6.14. The summed E-state index contributed by atoms with van der Waals surface area (Å²) >= 11 is 5.72. The standard InChI is InChI=1S/C13H16ClF2NO/c1-13(2,7-14)8-17-12(18)6-9-10(15)4-3-5-11(9)16/h3-5H,6-8H2,1-2H3,(H,17,18). The molecule has 18 heavy (non-hydrogen) atoms. The van der Waals surface area contributed by atoms with Crippen LogP contribution in [0.2, 0.25) is 0 Å². The summed E-state index contributed by atoms with van der Waals surface area (Å²) < 4.78 is 26.6. The van der Waals surface area contributed by atoms with Crippen molar-refractivity contribution in [3.05, 3.63) is 35.4 Å². The molecular formula is C13H16ClF2NO. The van der Waals surface area contributed by atoms with Gasteiger partial charge in [-0.05, 0) is 17.5 Å². The van der Waals surface area contributed by atoms with Gasteiger partial charge < -0.3 is 5.32 Å². The van der Waals surface area contributed by atoms with Crippen LogP contribution in [-0.4, -0.2) is 18.3 Å². The van der Waals surface area contributed by atoms with Crippen molar-refractivity contribution in [3.63, 3.8) is 0 Å². The third kappa shape index (κ3) is 4.26. The van der Waals surface area contributed by atoms with Crippen molar-refractivity contribution >= 4 is 17.5 Å². The summed E-state index contributed by atoms with van der Waals surface area (Å²) in [5.74, 6) is -1.44. The molecule has 5 heteroatoms. The van der Waals surface area contributed by atoms with Crippen molar-refractivity contribution in [1.82, 2.24) is 5.32 Å². The Labute approximate surface area is 110 Å². The van der Waals surface area contributed by atoms with Crippen molar-refractivity contribution < 1.29 is 13.6 Å². The lowest BCUT2D eigenvalue weighted by Crippen LogP contribution is -2.36. The highest BCUT2D eigenvalue weighted by atomic mass is 35.5. The smallest absolute Gasteiger partial charge is 0.224 e. The largest absolute Gasteiger partial charge is 0.355 e. The Balaban J connectivity index is 2.61. The van der Waals surface area contributed by atoms with Crippen LogP contribution in [-0.2, 0) is 11.2 Å². The second-order valence-electron chi connectivity index (χ2n) is 4.95. The van der Waals surface area contributed by atoms with E-state index in [1.807, 2.05) is 13.8 Å². The van der Waals surface area contributed by atoms with Crippen LogP contribution in [0.5, 0.6) is 0 Å². The van der Waals surface area contributed by atoms with Crippen LogP contribution < -0.4 is 5.32 Å². The summed E-state index contributed by atoms with van der Waals surface area (Å²) in [5.41, 5.74) is -0.455. The molecule has 100 valence electrons. The first-order valence-electron chi connectivity index (χ1n) is 5.61. The lowest BCUT2D eigenvalue weighted by atomic mass is 9.96. The molecule has 0 unspecified atom stereocenters. The van der Waals surface area contributed by atoms with Gasteiger partial charge in [0.05, 0.1) is 6.42 Å². The van der Waals surface area contributed by atoms with Gasteiger partial charge in [0.25, 0.3) is 0 Å². The summed E-state index contributed by atoms with van der Waals surface area (Å²) in [6.45, 7) is 4.15. The number of nitrogens with one attached hydrogen (secondary N) is 1. The lowest BCUT2D eigenvalue weighted by Gasteiger charge is -2.21. The van der Waals surface area contributed by atoms with Gasteiger partial charge >= 0.3 is 0 Å². The minimum Gasteiger partial charge on any atom is -0.355 e. The zero-order valence-corrected chi connectivity index (χ0v) is 11.2. The van der Waals surface area contributed by atoms with Gasteiger partial charge in [0.15, 0.2) is 0 Å². The van der Waals surface area contributed by atoms with E-state index < -0.39 is 17.5 Å². The molecule has 0 radical (unpaired) electrons. The van der Waals surface area contributed by atoms with Gasteiger partial charge in [-0.1, -0.05) is 19.9 Å². The Hall–Kier alpha value is -1.16. The number of benzene rings is 1. The number of carbonyl (C=O) groups excluding carboxylic acids is 1. The average molecular weight is 276 g/mol. The highest BCUT2D eigenvalue weighted by molar-refractivity contribution is 6.18. The van der Waals surface area contributed by atoms with Gasteiger partial charge in [-0.3, -0.25) is 4.79 Å². The number of hydrogen-bond acceptors (Lipinski definition) is 1. The summed E-state index contributed by atoms with van der Waals surface area (Å²) in [6, 6.07) is 3.53. The lowest BCUT2D eigenvalue weighted by molar-refractivity contribution is -0.120. The van der Waals surface area contributed by atoms with E-state index in [0.29, 0.717) is 12.4 Å². The number of hydrogen-bond donors (Lipinski definition) is 1.